The summed E-state index contributed by atoms with van der Waals surface area (Å²) in [6.45, 7) is 6.84. The Labute approximate surface area is 96.2 Å². The molecule has 0 bridgehead atoms. The monoisotopic (exact) mass is 231 g/mol. The maximum absolute atomic E-state index is 11.3. The number of aliphatic carboxylic acids is 1. The molecule has 0 amide bonds. The first-order chi connectivity index (χ1) is 7.26. The molecule has 0 spiro atoms. The molecule has 1 unspecified atom stereocenters. The predicted molar refractivity (Wildman–Crippen MR) is 60.1 cm³/mol. The first-order valence-corrected chi connectivity index (χ1v) is 5.29. The Kier molecular flexibility index (Phi) is 6.03. The Morgan fingerprint density at radius 3 is 2.31 bits per heavy atom. The Hall–Kier alpha value is -1.10. The summed E-state index contributed by atoms with van der Waals surface area (Å²) in [5.74, 6) is -1.55. The molecule has 0 saturated heterocycles. The topological polar surface area (TPSA) is 75.6 Å². The van der Waals surface area contributed by atoms with E-state index in [0.29, 0.717) is 6.54 Å². The number of esters is 1. The fourth-order valence-corrected chi connectivity index (χ4v) is 1.18. The second kappa shape index (κ2) is 6.48. The number of carbonyl (C=O) groups is 2. The van der Waals surface area contributed by atoms with Crippen LogP contribution in [0.5, 0.6) is 0 Å². The highest BCUT2D eigenvalue weighted by atomic mass is 16.5. The molecular formula is C11H21NO4. The number of carboxylic acid groups (broad SMARTS) is 1. The summed E-state index contributed by atoms with van der Waals surface area (Å²) < 4.78 is 4.53. The smallest absolute Gasteiger partial charge is 0.323 e. The molecule has 0 heterocycles. The van der Waals surface area contributed by atoms with Gasteiger partial charge in [-0.05, 0) is 18.4 Å². The number of hydrogen-bond donors (Lipinski definition) is 2. The molecule has 0 aromatic rings. The Balaban J connectivity index is 4.12. The summed E-state index contributed by atoms with van der Waals surface area (Å²) in [5.41, 5.74) is 0.150. The maximum atomic E-state index is 11.3. The van der Waals surface area contributed by atoms with E-state index in [-0.39, 0.29) is 11.8 Å². The summed E-state index contributed by atoms with van der Waals surface area (Å²) >= 11 is 0. The van der Waals surface area contributed by atoms with E-state index in [4.69, 9.17) is 5.11 Å². The van der Waals surface area contributed by atoms with Gasteiger partial charge in [0.15, 0.2) is 0 Å². The van der Waals surface area contributed by atoms with Crippen molar-refractivity contribution in [3.05, 3.63) is 0 Å². The number of carboxylic acids is 1. The van der Waals surface area contributed by atoms with Gasteiger partial charge in [0.25, 0.3) is 0 Å². The van der Waals surface area contributed by atoms with Crippen LogP contribution in [0.15, 0.2) is 0 Å². The van der Waals surface area contributed by atoms with Crippen molar-refractivity contribution in [3.8, 4) is 0 Å². The van der Waals surface area contributed by atoms with Crippen molar-refractivity contribution in [2.45, 2.75) is 39.7 Å². The third-order valence-electron chi connectivity index (χ3n) is 2.13. The van der Waals surface area contributed by atoms with Gasteiger partial charge in [-0.15, -0.1) is 0 Å². The number of ether oxygens (including phenoxy) is 1. The molecule has 0 aromatic heterocycles. The molecule has 0 saturated carbocycles. The van der Waals surface area contributed by atoms with Gasteiger partial charge >= 0.3 is 11.9 Å². The van der Waals surface area contributed by atoms with Crippen molar-refractivity contribution >= 4 is 11.9 Å². The van der Waals surface area contributed by atoms with Crippen molar-refractivity contribution < 1.29 is 19.4 Å². The van der Waals surface area contributed by atoms with Gasteiger partial charge in [-0.25, -0.2) is 0 Å². The van der Waals surface area contributed by atoms with E-state index in [9.17, 15) is 9.59 Å². The largest absolute Gasteiger partial charge is 0.481 e. The van der Waals surface area contributed by atoms with Crippen LogP contribution in [0, 0.1) is 5.41 Å². The highest BCUT2D eigenvalue weighted by Crippen LogP contribution is 2.17. The molecular weight excluding hydrogens is 210 g/mol. The van der Waals surface area contributed by atoms with Crippen LogP contribution in [0.4, 0.5) is 0 Å². The van der Waals surface area contributed by atoms with E-state index in [2.05, 4.69) is 30.8 Å². The highest BCUT2D eigenvalue weighted by Gasteiger charge is 2.22. The van der Waals surface area contributed by atoms with Gasteiger partial charge in [0.1, 0.15) is 6.04 Å². The van der Waals surface area contributed by atoms with Crippen molar-refractivity contribution in [1.82, 2.24) is 5.32 Å². The van der Waals surface area contributed by atoms with Crippen molar-refractivity contribution in [1.29, 1.82) is 0 Å². The van der Waals surface area contributed by atoms with E-state index < -0.39 is 18.0 Å². The third-order valence-corrected chi connectivity index (χ3v) is 2.13. The molecule has 0 aromatic carbocycles. The van der Waals surface area contributed by atoms with Crippen molar-refractivity contribution in [3.63, 3.8) is 0 Å². The summed E-state index contributed by atoms with van der Waals surface area (Å²) in [5, 5.41) is 11.5. The summed E-state index contributed by atoms with van der Waals surface area (Å²) in [7, 11) is 1.25. The van der Waals surface area contributed by atoms with Gasteiger partial charge in [0.05, 0.1) is 13.5 Å². The van der Waals surface area contributed by atoms with Crippen LogP contribution in [0.2, 0.25) is 0 Å². The second-order valence-electron chi connectivity index (χ2n) is 4.94. The van der Waals surface area contributed by atoms with Crippen LogP contribution < -0.4 is 5.32 Å². The van der Waals surface area contributed by atoms with Crippen LogP contribution in [0.25, 0.3) is 0 Å². The minimum Gasteiger partial charge on any atom is -0.481 e. The minimum absolute atomic E-state index is 0.150. The maximum Gasteiger partial charge on any atom is 0.323 e. The van der Waals surface area contributed by atoms with Crippen molar-refractivity contribution in [2.75, 3.05) is 13.7 Å². The Bertz CT molecular complexity index is 245. The first-order valence-electron chi connectivity index (χ1n) is 5.29. The lowest BCUT2D eigenvalue weighted by Gasteiger charge is -2.20. The predicted octanol–water partition coefficient (Wildman–Crippen LogP) is 1.03. The van der Waals surface area contributed by atoms with E-state index >= 15 is 0 Å². The number of nitrogens with one attached hydrogen (secondary N) is 1. The lowest BCUT2D eigenvalue weighted by atomic mass is 9.92. The fraction of sp³-hybridized carbons (Fsp3) is 0.818. The van der Waals surface area contributed by atoms with Gasteiger partial charge in [0.2, 0.25) is 0 Å². The average molecular weight is 231 g/mol. The number of methoxy groups -OCH3 is 1. The zero-order valence-electron chi connectivity index (χ0n) is 10.4. The molecule has 1 atom stereocenters. The van der Waals surface area contributed by atoms with Gasteiger partial charge in [-0.3, -0.25) is 9.59 Å². The Morgan fingerprint density at radius 2 is 1.94 bits per heavy atom. The molecule has 5 nitrogen and oxygen atoms in total. The zero-order valence-corrected chi connectivity index (χ0v) is 10.4. The molecule has 0 aliphatic heterocycles. The first kappa shape index (κ1) is 14.9. The van der Waals surface area contributed by atoms with Crippen molar-refractivity contribution in [2.24, 2.45) is 5.41 Å². The summed E-state index contributed by atoms with van der Waals surface area (Å²) in [6.07, 6.45) is 0.608. The molecule has 0 aliphatic rings. The van der Waals surface area contributed by atoms with E-state index in [1.807, 2.05) is 0 Å². The SMILES string of the molecule is COC(=O)C(CC(=O)O)NCCC(C)(C)C. The summed E-state index contributed by atoms with van der Waals surface area (Å²) in [6, 6.07) is -0.759. The average Bonchev–Trinajstić information content (AvgIpc) is 2.12. The molecule has 5 heteroatoms. The molecule has 0 rings (SSSR count). The van der Waals surface area contributed by atoms with E-state index in [1.165, 1.54) is 7.11 Å². The highest BCUT2D eigenvalue weighted by molar-refractivity contribution is 5.81. The molecule has 0 fully saturated rings. The molecule has 2 N–H and O–H groups in total. The lowest BCUT2D eigenvalue weighted by Crippen LogP contribution is -2.40. The van der Waals surface area contributed by atoms with Crippen LogP contribution >= 0.6 is 0 Å². The molecule has 16 heavy (non-hydrogen) atoms. The second-order valence-corrected chi connectivity index (χ2v) is 4.94. The quantitative estimate of drug-likeness (QED) is 0.668. The van der Waals surface area contributed by atoms with Crippen LogP contribution in [-0.4, -0.2) is 36.7 Å². The van der Waals surface area contributed by atoms with E-state index in [0.717, 1.165) is 6.42 Å². The zero-order chi connectivity index (χ0) is 12.8. The standard InChI is InChI=1S/C11H21NO4/c1-11(2,3)5-6-12-8(7-9(13)14)10(15)16-4/h8,12H,5-7H2,1-4H3,(H,13,14). The lowest BCUT2D eigenvalue weighted by molar-refractivity contribution is -0.148. The summed E-state index contributed by atoms with van der Waals surface area (Å²) in [4.78, 5) is 21.8. The Morgan fingerprint density at radius 1 is 1.38 bits per heavy atom. The number of hydrogen-bond acceptors (Lipinski definition) is 4. The van der Waals surface area contributed by atoms with Gasteiger partial charge < -0.3 is 15.2 Å². The minimum atomic E-state index is -1.02. The van der Waals surface area contributed by atoms with Crippen LogP contribution in [0.3, 0.4) is 0 Å². The molecule has 0 aliphatic carbocycles. The number of rotatable bonds is 6. The van der Waals surface area contributed by atoms with E-state index in [1.54, 1.807) is 0 Å². The van der Waals surface area contributed by atoms with Gasteiger partial charge in [-0.2, -0.15) is 0 Å². The number of carbonyl (C=O) groups excluding carboxylic acids is 1. The van der Waals surface area contributed by atoms with Crippen LogP contribution in [0.1, 0.15) is 33.6 Å². The molecule has 0 radical (unpaired) electrons. The van der Waals surface area contributed by atoms with Gasteiger partial charge in [0, 0.05) is 0 Å². The normalized spacial score (nSPS) is 13.2. The third kappa shape index (κ3) is 7.23. The van der Waals surface area contributed by atoms with Gasteiger partial charge in [-0.1, -0.05) is 20.8 Å². The fourth-order valence-electron chi connectivity index (χ4n) is 1.18. The molecule has 94 valence electrons. The van der Waals surface area contributed by atoms with Crippen LogP contribution in [-0.2, 0) is 14.3 Å².